The van der Waals surface area contributed by atoms with Crippen LogP contribution in [0, 0.1) is 5.92 Å². The van der Waals surface area contributed by atoms with Gasteiger partial charge >= 0.3 is 0 Å². The van der Waals surface area contributed by atoms with Crippen molar-refractivity contribution in [2.45, 2.75) is 13.8 Å². The molecule has 3 nitrogen and oxygen atoms in total. The monoisotopic (exact) mass is 326 g/mol. The van der Waals surface area contributed by atoms with Gasteiger partial charge in [0.2, 0.25) is 0 Å². The lowest BCUT2D eigenvalue weighted by atomic mass is 10.2. The quantitative estimate of drug-likeness (QED) is 0.904. The molecule has 1 aromatic carbocycles. The summed E-state index contributed by atoms with van der Waals surface area (Å²) < 4.78 is 2.00. The van der Waals surface area contributed by atoms with E-state index in [1.54, 1.807) is 0 Å². The molecule has 0 aliphatic heterocycles. The van der Waals surface area contributed by atoms with Gasteiger partial charge in [-0.15, -0.1) is 11.3 Å². The summed E-state index contributed by atoms with van der Waals surface area (Å²) >= 11 is 4.85. The van der Waals surface area contributed by atoms with Crippen LogP contribution in [0.3, 0.4) is 0 Å². The lowest BCUT2D eigenvalue weighted by Gasteiger charge is -2.06. The highest BCUT2D eigenvalue weighted by Gasteiger charge is 2.16. The fourth-order valence-corrected chi connectivity index (χ4v) is 3.02. The summed E-state index contributed by atoms with van der Waals surface area (Å²) in [7, 11) is 0. The van der Waals surface area contributed by atoms with E-state index in [-0.39, 0.29) is 5.91 Å². The third-order valence-corrected chi connectivity index (χ3v) is 4.24. The maximum Gasteiger partial charge on any atom is 0.263 e. The van der Waals surface area contributed by atoms with Crippen LogP contribution in [-0.4, -0.2) is 12.5 Å². The molecule has 1 amide bonds. The first-order valence-electron chi connectivity index (χ1n) is 5.74. The molecular formula is C13H15BrN2OS. The number of carbonyl (C=O) groups excluding carboxylic acids is 1. The first kappa shape index (κ1) is 13.4. The van der Waals surface area contributed by atoms with Crippen molar-refractivity contribution in [3.8, 4) is 0 Å². The molecule has 0 fully saturated rings. The number of fused-ring (bicyclic) bond motifs is 1. The Labute approximate surface area is 118 Å². The Balaban J connectivity index is 2.34. The third kappa shape index (κ3) is 2.67. The Morgan fingerprint density at radius 2 is 2.22 bits per heavy atom. The topological polar surface area (TPSA) is 55.1 Å². The van der Waals surface area contributed by atoms with E-state index in [4.69, 9.17) is 5.73 Å². The van der Waals surface area contributed by atoms with E-state index in [0.29, 0.717) is 23.0 Å². The largest absolute Gasteiger partial charge is 0.397 e. The molecule has 0 unspecified atom stereocenters. The molecule has 0 bridgehead atoms. The van der Waals surface area contributed by atoms with Gasteiger partial charge in [-0.1, -0.05) is 29.8 Å². The average molecular weight is 327 g/mol. The molecule has 18 heavy (non-hydrogen) atoms. The first-order valence-corrected chi connectivity index (χ1v) is 7.35. The summed E-state index contributed by atoms with van der Waals surface area (Å²) in [4.78, 5) is 12.6. The van der Waals surface area contributed by atoms with Crippen LogP contribution < -0.4 is 11.1 Å². The van der Waals surface area contributed by atoms with Gasteiger partial charge in [-0.05, 0) is 24.1 Å². The number of thiophene rings is 1. The highest BCUT2D eigenvalue weighted by atomic mass is 79.9. The van der Waals surface area contributed by atoms with E-state index in [9.17, 15) is 4.79 Å². The highest BCUT2D eigenvalue weighted by Crippen LogP contribution is 2.35. The second-order valence-electron chi connectivity index (χ2n) is 4.59. The van der Waals surface area contributed by atoms with E-state index >= 15 is 0 Å². The van der Waals surface area contributed by atoms with Crippen molar-refractivity contribution in [1.29, 1.82) is 0 Å². The molecule has 1 aromatic heterocycles. The van der Waals surface area contributed by atoms with Crippen LogP contribution in [0.4, 0.5) is 5.69 Å². The maximum atomic E-state index is 12.0. The number of carbonyl (C=O) groups is 1. The zero-order valence-corrected chi connectivity index (χ0v) is 12.7. The molecule has 2 aromatic rings. The summed E-state index contributed by atoms with van der Waals surface area (Å²) in [5.41, 5.74) is 6.61. The zero-order chi connectivity index (χ0) is 13.3. The molecule has 1 heterocycles. The molecule has 2 rings (SSSR count). The predicted molar refractivity (Wildman–Crippen MR) is 81.1 cm³/mol. The highest BCUT2D eigenvalue weighted by molar-refractivity contribution is 9.10. The Kier molecular flexibility index (Phi) is 3.92. The molecule has 0 spiro atoms. The fraction of sp³-hybridized carbons (Fsp3) is 0.308. The van der Waals surface area contributed by atoms with Crippen molar-refractivity contribution >= 4 is 48.9 Å². The summed E-state index contributed by atoms with van der Waals surface area (Å²) in [5.74, 6) is 0.345. The molecule has 3 N–H and O–H groups in total. The number of nitrogens with one attached hydrogen (secondary N) is 1. The van der Waals surface area contributed by atoms with Gasteiger partial charge in [0, 0.05) is 21.1 Å². The molecule has 0 aliphatic rings. The lowest BCUT2D eigenvalue weighted by molar-refractivity contribution is 0.0954. The number of rotatable bonds is 3. The molecule has 5 heteroatoms. The van der Waals surface area contributed by atoms with Gasteiger partial charge in [0.25, 0.3) is 5.91 Å². The maximum absolute atomic E-state index is 12.0. The molecule has 0 radical (unpaired) electrons. The van der Waals surface area contributed by atoms with Gasteiger partial charge in [0.15, 0.2) is 0 Å². The summed E-state index contributed by atoms with van der Waals surface area (Å²) in [6.45, 7) is 4.79. The van der Waals surface area contributed by atoms with Crippen molar-refractivity contribution in [1.82, 2.24) is 5.32 Å². The number of anilines is 1. The van der Waals surface area contributed by atoms with Crippen LogP contribution in [0.5, 0.6) is 0 Å². The van der Waals surface area contributed by atoms with Crippen molar-refractivity contribution in [2.75, 3.05) is 12.3 Å². The Hall–Kier alpha value is -1.07. The van der Waals surface area contributed by atoms with Crippen LogP contribution in [0.1, 0.15) is 23.5 Å². The van der Waals surface area contributed by atoms with Crippen molar-refractivity contribution in [2.24, 2.45) is 5.92 Å². The van der Waals surface area contributed by atoms with E-state index in [1.165, 1.54) is 11.3 Å². The second kappa shape index (κ2) is 5.28. The molecule has 0 aliphatic carbocycles. The molecule has 0 saturated carbocycles. The number of hydrogen-bond donors (Lipinski definition) is 2. The number of nitrogens with two attached hydrogens (primary N) is 1. The first-order chi connectivity index (χ1) is 8.49. The molecule has 0 saturated heterocycles. The third-order valence-electron chi connectivity index (χ3n) is 2.57. The van der Waals surface area contributed by atoms with Gasteiger partial charge in [0.1, 0.15) is 4.88 Å². The van der Waals surface area contributed by atoms with E-state index in [2.05, 4.69) is 35.1 Å². The Bertz CT molecular complexity index is 592. The van der Waals surface area contributed by atoms with Crippen LogP contribution in [0.25, 0.3) is 10.1 Å². The minimum atomic E-state index is -0.0847. The van der Waals surface area contributed by atoms with Crippen molar-refractivity contribution < 1.29 is 4.79 Å². The van der Waals surface area contributed by atoms with Crippen LogP contribution in [-0.2, 0) is 0 Å². The molecule has 96 valence electrons. The fourth-order valence-electron chi connectivity index (χ4n) is 1.63. The van der Waals surface area contributed by atoms with Crippen molar-refractivity contribution in [3.05, 3.63) is 27.5 Å². The number of benzene rings is 1. The minimum Gasteiger partial charge on any atom is -0.397 e. The number of hydrogen-bond acceptors (Lipinski definition) is 3. The van der Waals surface area contributed by atoms with Gasteiger partial charge in [-0.2, -0.15) is 0 Å². The van der Waals surface area contributed by atoms with Gasteiger partial charge in [-0.25, -0.2) is 0 Å². The zero-order valence-electron chi connectivity index (χ0n) is 10.3. The summed E-state index contributed by atoms with van der Waals surface area (Å²) in [6.07, 6.45) is 0. The standard InChI is InChI=1S/C13H15BrN2OS/c1-7(2)6-16-13(17)12-11(15)9-5-8(14)3-4-10(9)18-12/h3-5,7H,6,15H2,1-2H3,(H,16,17). The van der Waals surface area contributed by atoms with Gasteiger partial charge in [0.05, 0.1) is 5.69 Å². The van der Waals surface area contributed by atoms with Gasteiger partial charge in [-0.3, -0.25) is 4.79 Å². The van der Waals surface area contributed by atoms with Crippen LogP contribution in [0.15, 0.2) is 22.7 Å². The number of halogens is 1. The summed E-state index contributed by atoms with van der Waals surface area (Å²) in [6, 6.07) is 5.87. The minimum absolute atomic E-state index is 0.0847. The van der Waals surface area contributed by atoms with E-state index in [1.807, 2.05) is 18.2 Å². The van der Waals surface area contributed by atoms with Crippen molar-refractivity contribution in [3.63, 3.8) is 0 Å². The van der Waals surface area contributed by atoms with E-state index in [0.717, 1.165) is 14.6 Å². The number of amides is 1. The lowest BCUT2D eigenvalue weighted by Crippen LogP contribution is -2.27. The predicted octanol–water partition coefficient (Wildman–Crippen LogP) is 3.63. The van der Waals surface area contributed by atoms with Gasteiger partial charge < -0.3 is 11.1 Å². The van der Waals surface area contributed by atoms with Crippen LogP contribution >= 0.6 is 27.3 Å². The Morgan fingerprint density at radius 1 is 1.50 bits per heavy atom. The van der Waals surface area contributed by atoms with Crippen LogP contribution in [0.2, 0.25) is 0 Å². The Morgan fingerprint density at radius 3 is 2.89 bits per heavy atom. The molecular weight excluding hydrogens is 312 g/mol. The summed E-state index contributed by atoms with van der Waals surface area (Å²) in [5, 5.41) is 3.83. The smallest absolute Gasteiger partial charge is 0.263 e. The normalized spacial score (nSPS) is 11.1. The number of nitrogen functional groups attached to an aromatic ring is 1. The second-order valence-corrected chi connectivity index (χ2v) is 6.56. The SMILES string of the molecule is CC(C)CNC(=O)c1sc2ccc(Br)cc2c1N. The molecule has 0 atom stereocenters. The van der Waals surface area contributed by atoms with E-state index < -0.39 is 0 Å². The average Bonchev–Trinajstić information content (AvgIpc) is 2.64.